The van der Waals surface area contributed by atoms with Gasteiger partial charge in [0.2, 0.25) is 5.91 Å². The molecule has 0 radical (unpaired) electrons. The van der Waals surface area contributed by atoms with Gasteiger partial charge < -0.3 is 19.9 Å². The predicted octanol–water partition coefficient (Wildman–Crippen LogP) is 2.95. The van der Waals surface area contributed by atoms with Crippen LogP contribution in [-0.2, 0) is 32.0 Å². The fourth-order valence-corrected chi connectivity index (χ4v) is 4.02. The lowest BCUT2D eigenvalue weighted by molar-refractivity contribution is -0.146. The van der Waals surface area contributed by atoms with E-state index in [2.05, 4.69) is 27.9 Å². The Morgan fingerprint density at radius 2 is 1.90 bits per heavy atom. The molecule has 0 saturated heterocycles. The molecule has 1 atom stereocenters. The smallest absolute Gasteiger partial charge is 0.316 e. The summed E-state index contributed by atoms with van der Waals surface area (Å²) in [5.41, 5.74) is 3.80. The van der Waals surface area contributed by atoms with Gasteiger partial charge in [-0.05, 0) is 56.2 Å². The molecule has 2 amide bonds. The second-order valence-electron chi connectivity index (χ2n) is 7.55. The van der Waals surface area contributed by atoms with Crippen molar-refractivity contribution in [2.75, 3.05) is 23.4 Å². The monoisotopic (exact) mass is 445 g/mol. The van der Waals surface area contributed by atoms with Crippen molar-refractivity contribution in [2.24, 2.45) is 0 Å². The van der Waals surface area contributed by atoms with Crippen molar-refractivity contribution < 1.29 is 23.6 Å². The van der Waals surface area contributed by atoms with E-state index in [9.17, 15) is 14.4 Å². The molecule has 1 aromatic heterocycles. The summed E-state index contributed by atoms with van der Waals surface area (Å²) in [7, 11) is 0. The molecule has 1 aliphatic carbocycles. The number of anilines is 1. The van der Waals surface area contributed by atoms with E-state index in [4.69, 9.17) is 9.26 Å². The van der Waals surface area contributed by atoms with Gasteiger partial charge in [-0.1, -0.05) is 23.4 Å². The molecule has 8 nitrogen and oxygen atoms in total. The zero-order valence-corrected chi connectivity index (χ0v) is 18.5. The molecule has 0 fully saturated rings. The number of nitrogens with one attached hydrogen (secondary N) is 2. The summed E-state index contributed by atoms with van der Waals surface area (Å²) in [6.45, 7) is 3.28. The van der Waals surface area contributed by atoms with Gasteiger partial charge in [0.25, 0.3) is 5.91 Å². The van der Waals surface area contributed by atoms with Gasteiger partial charge in [0.1, 0.15) is 5.76 Å². The highest BCUT2D eigenvalue weighted by atomic mass is 32.2. The normalized spacial score (nSPS) is 13.7. The predicted molar refractivity (Wildman–Crippen MR) is 118 cm³/mol. The summed E-state index contributed by atoms with van der Waals surface area (Å²) < 4.78 is 9.86. The van der Waals surface area contributed by atoms with Crippen molar-refractivity contribution in [1.82, 2.24) is 10.5 Å². The van der Waals surface area contributed by atoms with E-state index in [0.717, 1.165) is 30.2 Å². The quantitative estimate of drug-likeness (QED) is 0.571. The zero-order chi connectivity index (χ0) is 22.2. The minimum absolute atomic E-state index is 0.0289. The molecular weight excluding hydrogens is 418 g/mol. The Morgan fingerprint density at radius 3 is 2.65 bits per heavy atom. The van der Waals surface area contributed by atoms with Crippen molar-refractivity contribution >= 4 is 35.4 Å². The highest BCUT2D eigenvalue weighted by Gasteiger charge is 2.15. The van der Waals surface area contributed by atoms with E-state index in [1.165, 1.54) is 24.0 Å². The maximum Gasteiger partial charge on any atom is 0.316 e. The van der Waals surface area contributed by atoms with Gasteiger partial charge in [-0.3, -0.25) is 14.4 Å². The van der Waals surface area contributed by atoms with Gasteiger partial charge >= 0.3 is 5.97 Å². The summed E-state index contributed by atoms with van der Waals surface area (Å²) in [6.07, 6.45) is 4.63. The third-order valence-corrected chi connectivity index (χ3v) is 5.87. The number of fused-ring (bicyclic) bond motifs is 1. The number of carbonyl (C=O) groups excluding carboxylic acids is 3. The largest absolute Gasteiger partial charge is 0.455 e. The second-order valence-corrected chi connectivity index (χ2v) is 8.53. The number of ether oxygens (including phenoxy) is 1. The molecule has 2 N–H and O–H groups in total. The number of thioether (sulfide) groups is 1. The van der Waals surface area contributed by atoms with Crippen LogP contribution in [0.1, 0.15) is 48.3 Å². The number of carbonyl (C=O) groups is 3. The molecule has 1 unspecified atom stereocenters. The number of rotatable bonds is 9. The number of aryl methyl sites for hydroxylation is 3. The first kappa shape index (κ1) is 22.9. The fraction of sp³-hybridized carbons (Fsp3) is 0.455. The van der Waals surface area contributed by atoms with Crippen molar-refractivity contribution in [3.05, 3.63) is 46.7 Å². The number of nitrogens with zero attached hydrogens (tertiary/aromatic N) is 1. The molecule has 1 aromatic carbocycles. The summed E-state index contributed by atoms with van der Waals surface area (Å²) in [5, 5.41) is 9.08. The maximum atomic E-state index is 12.1. The van der Waals surface area contributed by atoms with E-state index in [-0.39, 0.29) is 36.0 Å². The lowest BCUT2D eigenvalue weighted by atomic mass is 9.89. The third-order valence-electron chi connectivity index (χ3n) is 4.96. The number of benzene rings is 1. The summed E-state index contributed by atoms with van der Waals surface area (Å²) >= 11 is 1.09. The Kier molecular flexibility index (Phi) is 8.11. The van der Waals surface area contributed by atoms with E-state index in [1.54, 1.807) is 13.0 Å². The third kappa shape index (κ3) is 7.13. The maximum absolute atomic E-state index is 12.1. The van der Waals surface area contributed by atoms with Crippen molar-refractivity contribution in [2.45, 2.75) is 45.6 Å². The van der Waals surface area contributed by atoms with Crippen LogP contribution in [0, 0.1) is 6.92 Å². The summed E-state index contributed by atoms with van der Waals surface area (Å²) in [6, 6.07) is 7.78. The van der Waals surface area contributed by atoms with Crippen molar-refractivity contribution in [3.8, 4) is 0 Å². The molecule has 9 heteroatoms. The topological polar surface area (TPSA) is 111 Å². The standard InChI is InChI=1S/C22H27N3O5S/c1-14-9-19(25-30-14)24-21(27)12-31-13-22(28)29-11-20(26)23-15(2)17-8-7-16-5-3-4-6-18(16)10-17/h7-10,15H,3-6,11-13H2,1-2H3,(H,23,26)(H,24,25,27). The van der Waals surface area contributed by atoms with E-state index < -0.39 is 5.97 Å². The number of hydrogen-bond acceptors (Lipinski definition) is 7. The minimum Gasteiger partial charge on any atom is -0.455 e. The molecule has 2 aromatic rings. The molecule has 0 bridgehead atoms. The highest BCUT2D eigenvalue weighted by molar-refractivity contribution is 8.00. The van der Waals surface area contributed by atoms with Crippen molar-refractivity contribution in [1.29, 1.82) is 0 Å². The highest BCUT2D eigenvalue weighted by Crippen LogP contribution is 2.24. The Balaban J connectivity index is 1.33. The van der Waals surface area contributed by atoms with E-state index in [1.807, 2.05) is 13.0 Å². The van der Waals surface area contributed by atoms with E-state index >= 15 is 0 Å². The Labute approximate surface area is 185 Å². The molecule has 0 spiro atoms. The molecule has 166 valence electrons. The fourth-order valence-electron chi connectivity index (χ4n) is 3.41. The summed E-state index contributed by atoms with van der Waals surface area (Å²) in [5.74, 6) is -0.264. The van der Waals surface area contributed by atoms with Crippen LogP contribution < -0.4 is 10.6 Å². The van der Waals surface area contributed by atoms with Crippen molar-refractivity contribution in [3.63, 3.8) is 0 Å². The molecular formula is C22H27N3O5S. The molecule has 0 saturated carbocycles. The van der Waals surface area contributed by atoms with Gasteiger partial charge in [0.15, 0.2) is 12.4 Å². The molecule has 1 heterocycles. The van der Waals surface area contributed by atoms with Gasteiger partial charge in [0.05, 0.1) is 17.5 Å². The van der Waals surface area contributed by atoms with E-state index in [0.29, 0.717) is 11.6 Å². The van der Waals surface area contributed by atoms with Crippen LogP contribution in [-0.4, -0.2) is 41.1 Å². The van der Waals surface area contributed by atoms with Crippen LogP contribution in [0.15, 0.2) is 28.8 Å². The summed E-state index contributed by atoms with van der Waals surface area (Å²) in [4.78, 5) is 35.7. The minimum atomic E-state index is -0.549. The first-order valence-electron chi connectivity index (χ1n) is 10.3. The lowest BCUT2D eigenvalue weighted by Gasteiger charge is -2.20. The number of hydrogen-bond donors (Lipinski definition) is 2. The van der Waals surface area contributed by atoms with Gasteiger partial charge in [-0.15, -0.1) is 11.8 Å². The van der Waals surface area contributed by atoms with Crippen LogP contribution in [0.25, 0.3) is 0 Å². The van der Waals surface area contributed by atoms with Gasteiger partial charge in [-0.2, -0.15) is 0 Å². The second kappa shape index (κ2) is 11.0. The first-order valence-corrected chi connectivity index (χ1v) is 11.4. The first-order chi connectivity index (χ1) is 14.9. The number of amides is 2. The lowest BCUT2D eigenvalue weighted by Crippen LogP contribution is -2.31. The molecule has 0 aliphatic heterocycles. The average Bonchev–Trinajstić information content (AvgIpc) is 3.16. The number of aromatic nitrogens is 1. The molecule has 1 aliphatic rings. The Hall–Kier alpha value is -2.81. The zero-order valence-electron chi connectivity index (χ0n) is 17.7. The average molecular weight is 446 g/mol. The Morgan fingerprint density at radius 1 is 1.13 bits per heavy atom. The van der Waals surface area contributed by atoms with Gasteiger partial charge in [-0.25, -0.2) is 0 Å². The number of esters is 1. The van der Waals surface area contributed by atoms with Crippen LogP contribution in [0.5, 0.6) is 0 Å². The SMILES string of the molecule is Cc1cc(NC(=O)CSCC(=O)OCC(=O)NC(C)c2ccc3c(c2)CCCC3)no1. The molecule has 31 heavy (non-hydrogen) atoms. The van der Waals surface area contributed by atoms with Crippen LogP contribution in [0.4, 0.5) is 5.82 Å². The Bertz CT molecular complexity index is 943. The molecule has 3 rings (SSSR count). The van der Waals surface area contributed by atoms with Crippen LogP contribution in [0.2, 0.25) is 0 Å². The van der Waals surface area contributed by atoms with Crippen LogP contribution >= 0.6 is 11.8 Å². The van der Waals surface area contributed by atoms with Gasteiger partial charge in [0, 0.05) is 6.07 Å². The van der Waals surface area contributed by atoms with Crippen LogP contribution in [0.3, 0.4) is 0 Å².